The van der Waals surface area contributed by atoms with Crippen molar-refractivity contribution in [3.63, 3.8) is 0 Å². The van der Waals surface area contributed by atoms with E-state index >= 15 is 0 Å². The zero-order valence-electron chi connectivity index (χ0n) is 16.7. The molecule has 1 aliphatic heterocycles. The first-order valence-corrected chi connectivity index (χ1v) is 10.3. The van der Waals surface area contributed by atoms with E-state index < -0.39 is 0 Å². The molecule has 0 saturated carbocycles. The maximum atomic E-state index is 8.98. The Morgan fingerprint density at radius 3 is 2.31 bits per heavy atom. The van der Waals surface area contributed by atoms with Crippen molar-refractivity contribution in [1.29, 1.82) is 5.26 Å². The summed E-state index contributed by atoms with van der Waals surface area (Å²) in [6, 6.07) is 26.9. The summed E-state index contributed by atoms with van der Waals surface area (Å²) in [5, 5.41) is 8.98. The fraction of sp³-hybridized carbons (Fsp3) is 0.269. The van der Waals surface area contributed by atoms with Gasteiger partial charge in [-0.3, -0.25) is 4.90 Å². The van der Waals surface area contributed by atoms with E-state index in [1.165, 1.54) is 48.2 Å². The zero-order valence-corrected chi connectivity index (χ0v) is 16.7. The van der Waals surface area contributed by atoms with Gasteiger partial charge in [0.05, 0.1) is 11.6 Å². The van der Waals surface area contributed by atoms with Crippen molar-refractivity contribution in [3.8, 4) is 22.9 Å². The molecule has 29 heavy (non-hydrogen) atoms. The van der Waals surface area contributed by atoms with Crippen molar-refractivity contribution in [1.82, 2.24) is 4.90 Å². The quantitative estimate of drug-likeness (QED) is 0.557. The number of nitrogens with zero attached hydrogens (tertiary/aromatic N) is 2. The van der Waals surface area contributed by atoms with Gasteiger partial charge >= 0.3 is 0 Å². The van der Waals surface area contributed by atoms with Gasteiger partial charge in [0.25, 0.3) is 0 Å². The van der Waals surface area contributed by atoms with Gasteiger partial charge in [0, 0.05) is 6.54 Å². The van der Waals surface area contributed by atoms with E-state index in [1.807, 2.05) is 24.3 Å². The molecule has 3 nitrogen and oxygen atoms in total. The molecule has 3 heteroatoms. The van der Waals surface area contributed by atoms with Crippen LogP contribution in [-0.2, 0) is 6.42 Å². The number of benzene rings is 3. The molecular weight excluding hydrogens is 356 g/mol. The van der Waals surface area contributed by atoms with E-state index in [2.05, 4.69) is 59.5 Å². The smallest absolute Gasteiger partial charge is 0.119 e. The Balaban J connectivity index is 1.43. The van der Waals surface area contributed by atoms with Crippen molar-refractivity contribution >= 4 is 0 Å². The molecule has 0 spiro atoms. The van der Waals surface area contributed by atoms with E-state index in [0.29, 0.717) is 5.56 Å². The average Bonchev–Trinajstić information content (AvgIpc) is 3.29. The van der Waals surface area contributed by atoms with Crippen molar-refractivity contribution in [3.05, 3.63) is 89.5 Å². The first kappa shape index (κ1) is 19.2. The molecule has 0 bridgehead atoms. The van der Waals surface area contributed by atoms with Crippen LogP contribution < -0.4 is 4.74 Å². The topological polar surface area (TPSA) is 36.3 Å². The van der Waals surface area contributed by atoms with Crippen LogP contribution in [-0.4, -0.2) is 31.1 Å². The molecule has 1 heterocycles. The molecule has 0 unspecified atom stereocenters. The van der Waals surface area contributed by atoms with Gasteiger partial charge < -0.3 is 4.74 Å². The Labute approximate surface area is 173 Å². The van der Waals surface area contributed by atoms with E-state index in [0.717, 1.165) is 25.3 Å². The monoisotopic (exact) mass is 382 g/mol. The molecule has 146 valence electrons. The Morgan fingerprint density at radius 1 is 0.862 bits per heavy atom. The normalized spacial score (nSPS) is 13.9. The number of ether oxygens (including phenoxy) is 1. The summed E-state index contributed by atoms with van der Waals surface area (Å²) in [7, 11) is 0. The zero-order chi connectivity index (χ0) is 19.9. The molecular formula is C26H26N2O. The predicted octanol–water partition coefficient (Wildman–Crippen LogP) is 5.29. The molecule has 3 aromatic rings. The summed E-state index contributed by atoms with van der Waals surface area (Å²) in [6.45, 7) is 4.17. The number of nitriles is 1. The van der Waals surface area contributed by atoms with Gasteiger partial charge in [-0.2, -0.15) is 5.26 Å². The Hall–Kier alpha value is -3.09. The van der Waals surface area contributed by atoms with Crippen LogP contribution in [0.3, 0.4) is 0 Å². The maximum absolute atomic E-state index is 8.98. The molecule has 0 radical (unpaired) electrons. The van der Waals surface area contributed by atoms with E-state index in [9.17, 15) is 0 Å². The minimum Gasteiger partial charge on any atom is -0.492 e. The highest BCUT2D eigenvalue weighted by Gasteiger charge is 2.11. The second-order valence-corrected chi connectivity index (χ2v) is 7.56. The Kier molecular flexibility index (Phi) is 6.24. The number of hydrogen-bond acceptors (Lipinski definition) is 3. The summed E-state index contributed by atoms with van der Waals surface area (Å²) in [6.07, 6.45) is 3.48. The lowest BCUT2D eigenvalue weighted by Gasteiger charge is -2.15. The molecule has 1 fully saturated rings. The van der Waals surface area contributed by atoms with Crippen molar-refractivity contribution < 1.29 is 4.74 Å². The maximum Gasteiger partial charge on any atom is 0.119 e. The van der Waals surface area contributed by atoms with Crippen molar-refractivity contribution in [2.75, 3.05) is 26.2 Å². The molecule has 1 aliphatic rings. The second-order valence-electron chi connectivity index (χ2n) is 7.56. The van der Waals surface area contributed by atoms with E-state index in [4.69, 9.17) is 10.00 Å². The van der Waals surface area contributed by atoms with Gasteiger partial charge in [-0.15, -0.1) is 0 Å². The second kappa shape index (κ2) is 9.41. The standard InChI is InChI=1S/C26H26N2O/c27-20-22-9-7-21(8-10-22)19-24-5-1-2-6-26(24)23-11-13-25(14-12-23)29-18-17-28-15-3-4-16-28/h1-2,5-14H,3-4,15-19H2. The number of likely N-dealkylation sites (tertiary alicyclic amines) is 1. The minimum absolute atomic E-state index is 0.697. The molecule has 0 aliphatic carbocycles. The van der Waals surface area contributed by atoms with E-state index in [1.54, 1.807) is 0 Å². The van der Waals surface area contributed by atoms with Crippen LogP contribution >= 0.6 is 0 Å². The van der Waals surface area contributed by atoms with E-state index in [-0.39, 0.29) is 0 Å². The molecule has 0 N–H and O–H groups in total. The van der Waals surface area contributed by atoms with Gasteiger partial charge in [-0.1, -0.05) is 48.5 Å². The summed E-state index contributed by atoms with van der Waals surface area (Å²) >= 11 is 0. The molecule has 4 rings (SSSR count). The highest BCUT2D eigenvalue weighted by molar-refractivity contribution is 5.68. The highest BCUT2D eigenvalue weighted by atomic mass is 16.5. The largest absolute Gasteiger partial charge is 0.492 e. The molecule has 0 amide bonds. The molecule has 0 aromatic heterocycles. The summed E-state index contributed by atoms with van der Waals surface area (Å²) in [5.41, 5.74) is 5.61. The van der Waals surface area contributed by atoms with Crippen molar-refractivity contribution in [2.24, 2.45) is 0 Å². The fourth-order valence-corrected chi connectivity index (χ4v) is 3.90. The molecule has 0 atom stereocenters. The fourth-order valence-electron chi connectivity index (χ4n) is 3.90. The van der Waals surface area contributed by atoms with Crippen LogP contribution in [0.15, 0.2) is 72.8 Å². The Bertz CT molecular complexity index is 965. The van der Waals surface area contributed by atoms with Crippen molar-refractivity contribution in [2.45, 2.75) is 19.3 Å². The summed E-state index contributed by atoms with van der Waals surface area (Å²) in [4.78, 5) is 2.47. The first-order valence-electron chi connectivity index (χ1n) is 10.3. The lowest BCUT2D eigenvalue weighted by atomic mass is 9.94. The van der Waals surface area contributed by atoms with Crippen LogP contribution in [0, 0.1) is 11.3 Å². The summed E-state index contributed by atoms with van der Waals surface area (Å²) in [5.74, 6) is 0.928. The van der Waals surface area contributed by atoms with Crippen LogP contribution in [0.5, 0.6) is 5.75 Å². The Morgan fingerprint density at radius 2 is 1.59 bits per heavy atom. The van der Waals surface area contributed by atoms with Gasteiger partial charge in [-0.05, 0) is 78.9 Å². The van der Waals surface area contributed by atoms with Gasteiger partial charge in [0.15, 0.2) is 0 Å². The van der Waals surface area contributed by atoms with Gasteiger partial charge in [0.1, 0.15) is 12.4 Å². The number of hydrogen-bond donors (Lipinski definition) is 0. The average molecular weight is 383 g/mol. The van der Waals surface area contributed by atoms with Crippen LogP contribution in [0.2, 0.25) is 0 Å². The molecule has 3 aromatic carbocycles. The lowest BCUT2D eigenvalue weighted by molar-refractivity contribution is 0.238. The minimum atomic E-state index is 0.697. The third kappa shape index (κ3) is 5.04. The van der Waals surface area contributed by atoms with Gasteiger partial charge in [0.2, 0.25) is 0 Å². The highest BCUT2D eigenvalue weighted by Crippen LogP contribution is 2.27. The van der Waals surface area contributed by atoms with Gasteiger partial charge in [-0.25, -0.2) is 0 Å². The third-order valence-electron chi connectivity index (χ3n) is 5.54. The molecule has 1 saturated heterocycles. The summed E-state index contributed by atoms with van der Waals surface area (Å²) < 4.78 is 5.94. The van der Waals surface area contributed by atoms with Crippen LogP contribution in [0.4, 0.5) is 0 Å². The number of rotatable bonds is 7. The SMILES string of the molecule is N#Cc1ccc(Cc2ccccc2-c2ccc(OCCN3CCCC3)cc2)cc1. The van der Waals surface area contributed by atoms with Crippen LogP contribution in [0.1, 0.15) is 29.5 Å². The van der Waals surface area contributed by atoms with Crippen LogP contribution in [0.25, 0.3) is 11.1 Å². The predicted molar refractivity (Wildman–Crippen MR) is 117 cm³/mol. The third-order valence-corrected chi connectivity index (χ3v) is 5.54. The first-order chi connectivity index (χ1) is 14.3. The lowest BCUT2D eigenvalue weighted by Crippen LogP contribution is -2.25.